The van der Waals surface area contributed by atoms with Crippen molar-refractivity contribution in [2.24, 2.45) is 0 Å². The molecule has 2 aromatic heterocycles. The summed E-state index contributed by atoms with van der Waals surface area (Å²) in [5, 5.41) is 16.1. The van der Waals surface area contributed by atoms with Gasteiger partial charge < -0.3 is 10.2 Å². The number of piperidine rings is 1. The van der Waals surface area contributed by atoms with E-state index in [-0.39, 0.29) is 11.9 Å². The van der Waals surface area contributed by atoms with Crippen LogP contribution in [0.1, 0.15) is 38.3 Å². The van der Waals surface area contributed by atoms with Crippen LogP contribution in [-0.4, -0.2) is 45.0 Å². The monoisotopic (exact) mass is 328 g/mol. The SMILES string of the molecule is CCCC(=O)N[C@H]1CCCN(c2ccc(-n3ccc(C)n3)nn2)C1. The minimum absolute atomic E-state index is 0.139. The van der Waals surface area contributed by atoms with Gasteiger partial charge in [0, 0.05) is 31.7 Å². The highest BCUT2D eigenvalue weighted by molar-refractivity contribution is 5.76. The van der Waals surface area contributed by atoms with E-state index in [1.807, 2.05) is 38.2 Å². The zero-order valence-electron chi connectivity index (χ0n) is 14.3. The van der Waals surface area contributed by atoms with Crippen LogP contribution in [0.5, 0.6) is 0 Å². The van der Waals surface area contributed by atoms with E-state index in [0.717, 1.165) is 43.9 Å². The lowest BCUT2D eigenvalue weighted by Gasteiger charge is -2.33. The third-order valence-corrected chi connectivity index (χ3v) is 4.18. The first-order valence-corrected chi connectivity index (χ1v) is 8.56. The van der Waals surface area contributed by atoms with Gasteiger partial charge in [0.1, 0.15) is 0 Å². The number of carbonyl (C=O) groups is 1. The molecule has 0 bridgehead atoms. The number of hydrogen-bond donors (Lipinski definition) is 1. The van der Waals surface area contributed by atoms with Gasteiger partial charge in [-0.05, 0) is 44.4 Å². The van der Waals surface area contributed by atoms with Gasteiger partial charge in [-0.2, -0.15) is 5.10 Å². The fourth-order valence-corrected chi connectivity index (χ4v) is 2.98. The Labute approximate surface area is 142 Å². The maximum Gasteiger partial charge on any atom is 0.220 e. The standard InChI is InChI=1S/C17H24N6O/c1-3-5-17(24)18-14-6-4-10-22(12-14)15-7-8-16(20-19-15)23-11-9-13(2)21-23/h7-9,11,14H,3-6,10,12H2,1-2H3,(H,18,24)/t14-/m0/s1. The number of amides is 1. The molecule has 1 aliphatic heterocycles. The topological polar surface area (TPSA) is 75.9 Å². The molecule has 0 spiro atoms. The highest BCUT2D eigenvalue weighted by Crippen LogP contribution is 2.18. The van der Waals surface area contributed by atoms with E-state index in [2.05, 4.69) is 25.5 Å². The highest BCUT2D eigenvalue weighted by Gasteiger charge is 2.22. The summed E-state index contributed by atoms with van der Waals surface area (Å²) in [5.74, 6) is 1.69. The van der Waals surface area contributed by atoms with Gasteiger partial charge in [-0.1, -0.05) is 6.92 Å². The fourth-order valence-electron chi connectivity index (χ4n) is 2.98. The predicted molar refractivity (Wildman–Crippen MR) is 92.2 cm³/mol. The Morgan fingerprint density at radius 2 is 2.08 bits per heavy atom. The first-order valence-electron chi connectivity index (χ1n) is 8.56. The summed E-state index contributed by atoms with van der Waals surface area (Å²) in [6.45, 7) is 5.68. The van der Waals surface area contributed by atoms with Crippen LogP contribution in [0.25, 0.3) is 5.82 Å². The molecule has 24 heavy (non-hydrogen) atoms. The van der Waals surface area contributed by atoms with Gasteiger partial charge in [-0.3, -0.25) is 4.79 Å². The number of rotatable bonds is 5. The van der Waals surface area contributed by atoms with Crippen LogP contribution in [0.2, 0.25) is 0 Å². The van der Waals surface area contributed by atoms with Crippen molar-refractivity contribution in [1.82, 2.24) is 25.3 Å². The Morgan fingerprint density at radius 1 is 1.29 bits per heavy atom. The second kappa shape index (κ2) is 7.42. The summed E-state index contributed by atoms with van der Waals surface area (Å²) in [6.07, 6.45) is 5.40. The summed E-state index contributed by atoms with van der Waals surface area (Å²) in [5.41, 5.74) is 0.947. The lowest BCUT2D eigenvalue weighted by molar-refractivity contribution is -0.121. The van der Waals surface area contributed by atoms with Crippen molar-refractivity contribution in [2.45, 2.75) is 45.6 Å². The smallest absolute Gasteiger partial charge is 0.220 e. The average Bonchev–Trinajstić information content (AvgIpc) is 3.02. The quantitative estimate of drug-likeness (QED) is 0.906. The van der Waals surface area contributed by atoms with E-state index in [9.17, 15) is 4.79 Å². The lowest BCUT2D eigenvalue weighted by atomic mass is 10.1. The molecule has 1 amide bonds. The Kier molecular flexibility index (Phi) is 5.08. The van der Waals surface area contributed by atoms with Crippen LogP contribution in [0.15, 0.2) is 24.4 Å². The van der Waals surface area contributed by atoms with E-state index >= 15 is 0 Å². The van der Waals surface area contributed by atoms with Gasteiger partial charge in [-0.25, -0.2) is 4.68 Å². The second-order valence-corrected chi connectivity index (χ2v) is 6.25. The number of hydrogen-bond acceptors (Lipinski definition) is 5. The number of aryl methyl sites for hydroxylation is 1. The number of nitrogens with zero attached hydrogens (tertiary/aromatic N) is 5. The summed E-state index contributed by atoms with van der Waals surface area (Å²) >= 11 is 0. The Hall–Kier alpha value is -2.44. The van der Waals surface area contributed by atoms with Crippen LogP contribution in [0.3, 0.4) is 0 Å². The fraction of sp³-hybridized carbons (Fsp3) is 0.529. The molecule has 1 atom stereocenters. The Bertz CT molecular complexity index is 681. The van der Waals surface area contributed by atoms with Crippen molar-refractivity contribution < 1.29 is 4.79 Å². The molecular formula is C17H24N6O. The first-order chi connectivity index (χ1) is 11.7. The number of nitrogens with one attached hydrogen (secondary N) is 1. The van der Waals surface area contributed by atoms with Crippen LogP contribution in [-0.2, 0) is 4.79 Å². The van der Waals surface area contributed by atoms with Crippen LogP contribution in [0.4, 0.5) is 5.82 Å². The molecule has 0 saturated carbocycles. The predicted octanol–water partition coefficient (Wildman–Crippen LogP) is 1.86. The maximum atomic E-state index is 11.8. The van der Waals surface area contributed by atoms with Crippen LogP contribution >= 0.6 is 0 Å². The van der Waals surface area contributed by atoms with E-state index in [4.69, 9.17) is 0 Å². The number of anilines is 1. The third kappa shape index (κ3) is 3.90. The Morgan fingerprint density at radius 3 is 2.75 bits per heavy atom. The van der Waals surface area contributed by atoms with Crippen molar-refractivity contribution in [1.29, 1.82) is 0 Å². The van der Waals surface area contributed by atoms with Crippen molar-refractivity contribution >= 4 is 11.7 Å². The van der Waals surface area contributed by atoms with E-state index in [0.29, 0.717) is 12.2 Å². The molecule has 128 valence electrons. The molecule has 1 N–H and O–H groups in total. The molecule has 3 heterocycles. The molecule has 1 saturated heterocycles. The van der Waals surface area contributed by atoms with Crippen molar-refractivity contribution in [3.63, 3.8) is 0 Å². The van der Waals surface area contributed by atoms with E-state index in [1.165, 1.54) is 0 Å². The van der Waals surface area contributed by atoms with Crippen molar-refractivity contribution in [3.8, 4) is 5.82 Å². The molecule has 0 radical (unpaired) electrons. The molecule has 2 aromatic rings. The molecule has 3 rings (SSSR count). The zero-order chi connectivity index (χ0) is 16.9. The number of carbonyl (C=O) groups excluding carboxylic acids is 1. The highest BCUT2D eigenvalue weighted by atomic mass is 16.1. The summed E-state index contributed by atoms with van der Waals surface area (Å²) in [7, 11) is 0. The Balaban J connectivity index is 1.64. The lowest BCUT2D eigenvalue weighted by Crippen LogP contribution is -2.48. The molecule has 1 fully saturated rings. The summed E-state index contributed by atoms with van der Waals surface area (Å²) in [4.78, 5) is 14.0. The molecule has 0 aromatic carbocycles. The third-order valence-electron chi connectivity index (χ3n) is 4.18. The van der Waals surface area contributed by atoms with Crippen molar-refractivity contribution in [2.75, 3.05) is 18.0 Å². The molecule has 0 aliphatic carbocycles. The second-order valence-electron chi connectivity index (χ2n) is 6.25. The minimum Gasteiger partial charge on any atom is -0.353 e. The largest absolute Gasteiger partial charge is 0.353 e. The van der Waals surface area contributed by atoms with Gasteiger partial charge in [-0.15, -0.1) is 10.2 Å². The van der Waals surface area contributed by atoms with Crippen LogP contribution in [0, 0.1) is 6.92 Å². The molecule has 0 unspecified atom stereocenters. The van der Waals surface area contributed by atoms with Gasteiger partial charge in [0.15, 0.2) is 11.6 Å². The van der Waals surface area contributed by atoms with E-state index in [1.54, 1.807) is 4.68 Å². The number of aromatic nitrogens is 4. The molecular weight excluding hydrogens is 304 g/mol. The van der Waals surface area contributed by atoms with Gasteiger partial charge in [0.2, 0.25) is 5.91 Å². The summed E-state index contributed by atoms with van der Waals surface area (Å²) in [6, 6.07) is 6.01. The van der Waals surface area contributed by atoms with Gasteiger partial charge in [0.05, 0.1) is 5.69 Å². The van der Waals surface area contributed by atoms with E-state index < -0.39 is 0 Å². The van der Waals surface area contributed by atoms with Gasteiger partial charge >= 0.3 is 0 Å². The summed E-state index contributed by atoms with van der Waals surface area (Å²) < 4.78 is 1.72. The molecule has 7 heteroatoms. The normalized spacial score (nSPS) is 17.8. The average molecular weight is 328 g/mol. The van der Waals surface area contributed by atoms with Gasteiger partial charge in [0.25, 0.3) is 0 Å². The zero-order valence-corrected chi connectivity index (χ0v) is 14.3. The molecule has 7 nitrogen and oxygen atoms in total. The maximum absolute atomic E-state index is 11.8. The van der Waals surface area contributed by atoms with Crippen molar-refractivity contribution in [3.05, 3.63) is 30.1 Å². The van der Waals surface area contributed by atoms with Crippen LogP contribution < -0.4 is 10.2 Å². The molecule has 1 aliphatic rings. The minimum atomic E-state index is 0.139. The first kappa shape index (κ1) is 16.4.